The Balaban J connectivity index is 1.16. The first kappa shape index (κ1) is 35.8. The van der Waals surface area contributed by atoms with E-state index in [4.69, 9.17) is 37.9 Å². The summed E-state index contributed by atoms with van der Waals surface area (Å²) >= 11 is 0. The van der Waals surface area contributed by atoms with Gasteiger partial charge in [-0.25, -0.2) is 9.59 Å². The van der Waals surface area contributed by atoms with Crippen molar-refractivity contribution in [1.82, 2.24) is 0 Å². The van der Waals surface area contributed by atoms with Crippen molar-refractivity contribution in [3.63, 3.8) is 0 Å². The molecule has 254 valence electrons. The largest absolute Gasteiger partial charge is 0.491 e. The van der Waals surface area contributed by atoms with Gasteiger partial charge in [0.2, 0.25) is 0 Å². The SMILES string of the molecule is CCOC(=O)c1cc(OCCOCCOCCOc2cc(OCc3ccccc3)cc(C(=O)OCC)c2)cc(OCc2ccccc2)c1. The van der Waals surface area contributed by atoms with Crippen LogP contribution in [0.3, 0.4) is 0 Å². The zero-order valence-electron chi connectivity index (χ0n) is 27.4. The van der Waals surface area contributed by atoms with E-state index in [1.165, 1.54) is 0 Å². The Bertz CT molecular complexity index is 1430. The molecule has 0 N–H and O–H groups in total. The zero-order chi connectivity index (χ0) is 33.8. The molecule has 0 bridgehead atoms. The van der Waals surface area contributed by atoms with Gasteiger partial charge in [-0.3, -0.25) is 0 Å². The number of ether oxygens (including phenoxy) is 8. The molecule has 0 spiro atoms. The molecule has 0 saturated heterocycles. The summed E-state index contributed by atoms with van der Waals surface area (Å²) in [5, 5.41) is 0. The molecule has 0 atom stereocenters. The Morgan fingerprint density at radius 3 is 1.19 bits per heavy atom. The first-order valence-electron chi connectivity index (χ1n) is 15.9. The number of hydrogen-bond donors (Lipinski definition) is 0. The average Bonchev–Trinajstić information content (AvgIpc) is 3.11. The van der Waals surface area contributed by atoms with E-state index in [1.807, 2.05) is 60.7 Å². The van der Waals surface area contributed by atoms with Crippen molar-refractivity contribution in [3.8, 4) is 23.0 Å². The lowest BCUT2D eigenvalue weighted by Gasteiger charge is -2.13. The van der Waals surface area contributed by atoms with E-state index in [1.54, 1.807) is 50.2 Å². The van der Waals surface area contributed by atoms with Gasteiger partial charge in [-0.1, -0.05) is 60.7 Å². The fourth-order valence-electron chi connectivity index (χ4n) is 4.38. The number of hydrogen-bond acceptors (Lipinski definition) is 10. The van der Waals surface area contributed by atoms with Crippen molar-refractivity contribution in [2.45, 2.75) is 27.1 Å². The molecule has 0 aliphatic heterocycles. The molecule has 0 aromatic heterocycles. The number of rotatable bonds is 21. The molecule has 0 fully saturated rings. The summed E-state index contributed by atoms with van der Waals surface area (Å²) < 4.78 is 45.1. The minimum absolute atomic E-state index is 0.263. The quantitative estimate of drug-likeness (QED) is 0.0710. The minimum atomic E-state index is -0.451. The van der Waals surface area contributed by atoms with Crippen molar-refractivity contribution < 1.29 is 47.5 Å². The maximum atomic E-state index is 12.4. The second-order valence-corrected chi connectivity index (χ2v) is 10.3. The molecule has 4 aromatic carbocycles. The van der Waals surface area contributed by atoms with E-state index in [0.29, 0.717) is 73.8 Å². The molecule has 0 aliphatic carbocycles. The number of benzene rings is 4. The van der Waals surface area contributed by atoms with E-state index in [0.717, 1.165) is 11.1 Å². The Morgan fingerprint density at radius 2 is 0.812 bits per heavy atom. The molecule has 0 saturated carbocycles. The first-order chi connectivity index (χ1) is 23.5. The van der Waals surface area contributed by atoms with Gasteiger partial charge < -0.3 is 37.9 Å². The molecule has 0 radical (unpaired) electrons. The summed E-state index contributed by atoms with van der Waals surface area (Å²) in [4.78, 5) is 24.8. The second kappa shape index (κ2) is 20.2. The van der Waals surface area contributed by atoms with Gasteiger partial charge in [-0.2, -0.15) is 0 Å². The Hall–Kier alpha value is -5.06. The molecular weight excluding hydrogens is 616 g/mol. The molecule has 0 unspecified atom stereocenters. The van der Waals surface area contributed by atoms with E-state index in [9.17, 15) is 9.59 Å². The molecular formula is C38H42O10. The van der Waals surface area contributed by atoms with Crippen molar-refractivity contribution in [1.29, 1.82) is 0 Å². The van der Waals surface area contributed by atoms with Crippen LogP contribution in [0.5, 0.6) is 23.0 Å². The van der Waals surface area contributed by atoms with Gasteiger partial charge in [0.05, 0.1) is 50.8 Å². The van der Waals surface area contributed by atoms with Crippen LogP contribution in [0.1, 0.15) is 45.7 Å². The van der Waals surface area contributed by atoms with Gasteiger partial charge in [0.15, 0.2) is 0 Å². The molecule has 0 amide bonds. The Labute approximate surface area is 281 Å². The predicted molar refractivity (Wildman–Crippen MR) is 179 cm³/mol. The number of esters is 2. The van der Waals surface area contributed by atoms with Gasteiger partial charge in [-0.15, -0.1) is 0 Å². The highest BCUT2D eigenvalue weighted by atomic mass is 16.6. The third-order valence-electron chi connectivity index (χ3n) is 6.64. The minimum Gasteiger partial charge on any atom is -0.491 e. The third-order valence-corrected chi connectivity index (χ3v) is 6.64. The van der Waals surface area contributed by atoms with Gasteiger partial charge in [0, 0.05) is 12.1 Å². The summed E-state index contributed by atoms with van der Waals surface area (Å²) in [6.45, 7) is 6.61. The monoisotopic (exact) mass is 658 g/mol. The van der Waals surface area contributed by atoms with Crippen molar-refractivity contribution in [2.75, 3.05) is 52.9 Å². The van der Waals surface area contributed by atoms with Crippen LogP contribution in [-0.4, -0.2) is 64.8 Å². The van der Waals surface area contributed by atoms with Crippen LogP contribution in [0.25, 0.3) is 0 Å². The van der Waals surface area contributed by atoms with Gasteiger partial charge in [0.1, 0.15) is 49.4 Å². The molecule has 10 heteroatoms. The second-order valence-electron chi connectivity index (χ2n) is 10.3. The molecule has 0 heterocycles. The summed E-state index contributed by atoms with van der Waals surface area (Å²) in [6.07, 6.45) is 0. The molecule has 10 nitrogen and oxygen atoms in total. The lowest BCUT2D eigenvalue weighted by Crippen LogP contribution is -2.14. The maximum absolute atomic E-state index is 12.4. The van der Waals surface area contributed by atoms with E-state index < -0.39 is 11.9 Å². The molecule has 4 rings (SSSR count). The highest BCUT2D eigenvalue weighted by Gasteiger charge is 2.13. The predicted octanol–water partition coefficient (Wildman–Crippen LogP) is 6.69. The highest BCUT2D eigenvalue weighted by molar-refractivity contribution is 5.91. The summed E-state index contributed by atoms with van der Waals surface area (Å²) in [7, 11) is 0. The van der Waals surface area contributed by atoms with Crippen LogP contribution >= 0.6 is 0 Å². The fraction of sp³-hybridized carbons (Fsp3) is 0.316. The lowest BCUT2D eigenvalue weighted by molar-refractivity contribution is 0.0272. The van der Waals surface area contributed by atoms with E-state index >= 15 is 0 Å². The van der Waals surface area contributed by atoms with Crippen LogP contribution in [0, 0.1) is 0 Å². The standard InChI is InChI=1S/C38H42O10/c1-3-43-37(39)31-21-33(25-35(23-31)47-27-29-11-7-5-8-12-29)45-19-17-41-15-16-42-18-20-46-34-22-32(38(40)44-4-2)24-36(26-34)48-28-30-13-9-6-10-14-30/h5-14,21-26H,3-4,15-20,27-28H2,1-2H3. The third kappa shape index (κ3) is 12.6. The van der Waals surface area contributed by atoms with Crippen LogP contribution < -0.4 is 18.9 Å². The number of carbonyl (C=O) groups is 2. The average molecular weight is 659 g/mol. The van der Waals surface area contributed by atoms with Crippen molar-refractivity contribution in [2.24, 2.45) is 0 Å². The van der Waals surface area contributed by atoms with Crippen molar-refractivity contribution in [3.05, 3.63) is 119 Å². The normalized spacial score (nSPS) is 10.6. The summed E-state index contributed by atoms with van der Waals surface area (Å²) in [5.74, 6) is 1.04. The van der Waals surface area contributed by atoms with E-state index in [-0.39, 0.29) is 26.4 Å². The van der Waals surface area contributed by atoms with Gasteiger partial charge >= 0.3 is 11.9 Å². The van der Waals surface area contributed by atoms with Crippen molar-refractivity contribution >= 4 is 11.9 Å². The lowest BCUT2D eigenvalue weighted by atomic mass is 10.2. The van der Waals surface area contributed by atoms with Crippen LogP contribution in [-0.2, 0) is 32.2 Å². The first-order valence-corrected chi connectivity index (χ1v) is 15.9. The van der Waals surface area contributed by atoms with Crippen LogP contribution in [0.15, 0.2) is 97.1 Å². The number of carbonyl (C=O) groups excluding carboxylic acids is 2. The molecule has 48 heavy (non-hydrogen) atoms. The van der Waals surface area contributed by atoms with Crippen LogP contribution in [0.4, 0.5) is 0 Å². The van der Waals surface area contributed by atoms with Gasteiger partial charge in [0.25, 0.3) is 0 Å². The Kier molecular flexibility index (Phi) is 15.1. The molecule has 0 aliphatic rings. The smallest absolute Gasteiger partial charge is 0.338 e. The maximum Gasteiger partial charge on any atom is 0.338 e. The zero-order valence-corrected chi connectivity index (χ0v) is 27.4. The van der Waals surface area contributed by atoms with Gasteiger partial charge in [-0.05, 0) is 49.2 Å². The fourth-order valence-corrected chi connectivity index (χ4v) is 4.38. The topological polar surface area (TPSA) is 108 Å². The summed E-state index contributed by atoms with van der Waals surface area (Å²) in [5.41, 5.74) is 2.70. The highest BCUT2D eigenvalue weighted by Crippen LogP contribution is 2.26. The van der Waals surface area contributed by atoms with E-state index in [2.05, 4.69) is 0 Å². The van der Waals surface area contributed by atoms with Crippen LogP contribution in [0.2, 0.25) is 0 Å². The Morgan fingerprint density at radius 1 is 0.458 bits per heavy atom. The summed E-state index contributed by atoms with van der Waals surface area (Å²) in [6, 6.07) is 29.5. The molecule has 4 aromatic rings.